The number of aromatic amines is 1. The summed E-state index contributed by atoms with van der Waals surface area (Å²) in [4.78, 5) is 5.56. The van der Waals surface area contributed by atoms with Gasteiger partial charge in [-0.15, -0.1) is 16.4 Å². The molecule has 4 heterocycles. The Bertz CT molecular complexity index is 991. The minimum absolute atomic E-state index is 0.659. The highest BCUT2D eigenvalue weighted by Crippen LogP contribution is 2.27. The normalized spacial score (nSPS) is 10.9. The molecule has 0 fully saturated rings. The minimum atomic E-state index is 0.659. The molecule has 0 bridgehead atoms. The maximum Gasteiger partial charge on any atom is 0.209 e. The van der Waals surface area contributed by atoms with E-state index in [4.69, 9.17) is 0 Å². The van der Waals surface area contributed by atoms with Crippen LogP contribution in [0.3, 0.4) is 0 Å². The van der Waals surface area contributed by atoms with Crippen molar-refractivity contribution >= 4 is 28.6 Å². The number of rotatable bonds is 4. The first kappa shape index (κ1) is 14.1. The number of hydrogen-bond acceptors (Lipinski definition) is 5. The van der Waals surface area contributed by atoms with Crippen LogP contribution in [0.2, 0.25) is 0 Å². The predicted molar refractivity (Wildman–Crippen MR) is 91.4 cm³/mol. The fourth-order valence-electron chi connectivity index (χ4n) is 2.39. The summed E-state index contributed by atoms with van der Waals surface area (Å²) in [6.45, 7) is 0. The van der Waals surface area contributed by atoms with Gasteiger partial charge in [0.2, 0.25) is 5.16 Å². The lowest BCUT2D eigenvalue weighted by molar-refractivity contribution is 0.973. The molecule has 4 rings (SSSR count). The van der Waals surface area contributed by atoms with Crippen molar-refractivity contribution < 1.29 is 0 Å². The van der Waals surface area contributed by atoms with Gasteiger partial charge >= 0.3 is 0 Å². The molecule has 0 saturated heterocycles. The first-order valence-electron chi connectivity index (χ1n) is 6.93. The third-order valence-corrected chi connectivity index (χ3v) is 5.22. The van der Waals surface area contributed by atoms with Crippen molar-refractivity contribution in [1.82, 2.24) is 19.6 Å². The standard InChI is InChI=1S/C16H11N5S2/c17-8-12-11(9-21-6-2-1-4-13(12)21)10-23-16-18-15(19-20-16)14-5-3-7-22-14/h1-7,9H,10H2,(H,18,19,20). The maximum absolute atomic E-state index is 9.42. The predicted octanol–water partition coefficient (Wildman–Crippen LogP) is 3.95. The third-order valence-electron chi connectivity index (χ3n) is 3.45. The van der Waals surface area contributed by atoms with Gasteiger partial charge in [0.15, 0.2) is 5.82 Å². The van der Waals surface area contributed by atoms with Crippen LogP contribution in [0.15, 0.2) is 53.3 Å². The molecule has 0 radical (unpaired) electrons. The molecule has 0 aromatic carbocycles. The summed E-state index contributed by atoms with van der Waals surface area (Å²) in [6, 6.07) is 12.1. The second-order valence-electron chi connectivity index (χ2n) is 4.87. The number of aromatic nitrogens is 4. The second-order valence-corrected chi connectivity index (χ2v) is 6.76. The minimum Gasteiger partial charge on any atom is -0.322 e. The van der Waals surface area contributed by atoms with Crippen molar-refractivity contribution in [3.05, 3.63) is 59.2 Å². The molecule has 0 aliphatic rings. The third kappa shape index (κ3) is 2.63. The molecule has 0 aliphatic heterocycles. The Morgan fingerprint density at radius 1 is 1.30 bits per heavy atom. The number of fused-ring (bicyclic) bond motifs is 1. The van der Waals surface area contributed by atoms with E-state index < -0.39 is 0 Å². The monoisotopic (exact) mass is 337 g/mol. The zero-order valence-electron chi connectivity index (χ0n) is 11.9. The molecule has 7 heteroatoms. The number of hydrogen-bond donors (Lipinski definition) is 1. The SMILES string of the molecule is N#Cc1c(CSc2n[nH]c(-c3cccs3)n2)cn2ccccc12. The van der Waals surface area contributed by atoms with Crippen LogP contribution >= 0.6 is 23.1 Å². The fraction of sp³-hybridized carbons (Fsp3) is 0.0625. The van der Waals surface area contributed by atoms with Gasteiger partial charge in [-0.3, -0.25) is 5.10 Å². The first-order chi connectivity index (χ1) is 11.3. The van der Waals surface area contributed by atoms with Crippen LogP contribution in [0.1, 0.15) is 11.1 Å². The molecule has 0 saturated carbocycles. The Hall–Kier alpha value is -2.56. The van der Waals surface area contributed by atoms with E-state index in [-0.39, 0.29) is 0 Å². The van der Waals surface area contributed by atoms with Gasteiger partial charge in [-0.1, -0.05) is 23.9 Å². The number of thiophene rings is 1. The van der Waals surface area contributed by atoms with Crippen LogP contribution in [-0.2, 0) is 5.75 Å². The Morgan fingerprint density at radius 2 is 2.26 bits per heavy atom. The Labute approximate surface area is 140 Å². The van der Waals surface area contributed by atoms with Crippen LogP contribution < -0.4 is 0 Å². The van der Waals surface area contributed by atoms with E-state index in [9.17, 15) is 5.26 Å². The van der Waals surface area contributed by atoms with Gasteiger partial charge in [0, 0.05) is 18.1 Å². The summed E-state index contributed by atoms with van der Waals surface area (Å²) < 4.78 is 1.98. The van der Waals surface area contributed by atoms with Gasteiger partial charge in [0.1, 0.15) is 6.07 Å². The van der Waals surface area contributed by atoms with Gasteiger partial charge in [-0.25, -0.2) is 4.98 Å². The lowest BCUT2D eigenvalue weighted by Gasteiger charge is -1.94. The summed E-state index contributed by atoms with van der Waals surface area (Å²) in [5.41, 5.74) is 2.64. The van der Waals surface area contributed by atoms with Crippen LogP contribution in [0, 0.1) is 11.3 Å². The molecule has 23 heavy (non-hydrogen) atoms. The smallest absolute Gasteiger partial charge is 0.209 e. The van der Waals surface area contributed by atoms with Crippen LogP contribution in [0.5, 0.6) is 0 Å². The fourth-order valence-corrected chi connectivity index (χ4v) is 3.83. The van der Waals surface area contributed by atoms with Crippen molar-refractivity contribution in [3.8, 4) is 16.8 Å². The number of H-pyrrole nitrogens is 1. The van der Waals surface area contributed by atoms with E-state index in [1.165, 1.54) is 11.8 Å². The highest BCUT2D eigenvalue weighted by molar-refractivity contribution is 7.98. The van der Waals surface area contributed by atoms with E-state index in [0.29, 0.717) is 16.5 Å². The number of nitriles is 1. The quantitative estimate of drug-likeness (QED) is 0.572. The van der Waals surface area contributed by atoms with Crippen molar-refractivity contribution in [2.75, 3.05) is 0 Å². The van der Waals surface area contributed by atoms with Crippen LogP contribution in [0.4, 0.5) is 0 Å². The Morgan fingerprint density at radius 3 is 3.09 bits per heavy atom. The van der Waals surface area contributed by atoms with Crippen molar-refractivity contribution in [2.45, 2.75) is 10.9 Å². The van der Waals surface area contributed by atoms with Crippen LogP contribution in [0.25, 0.3) is 16.2 Å². The van der Waals surface area contributed by atoms with Gasteiger partial charge in [0.05, 0.1) is 16.0 Å². The molecule has 1 N–H and O–H groups in total. The highest BCUT2D eigenvalue weighted by Gasteiger charge is 2.12. The largest absolute Gasteiger partial charge is 0.322 e. The molecule has 4 aromatic rings. The average molecular weight is 337 g/mol. The molecular weight excluding hydrogens is 326 g/mol. The molecule has 112 valence electrons. The zero-order valence-corrected chi connectivity index (χ0v) is 13.6. The van der Waals surface area contributed by atoms with E-state index in [2.05, 4.69) is 21.3 Å². The molecule has 0 unspecified atom stereocenters. The maximum atomic E-state index is 9.42. The zero-order chi connectivity index (χ0) is 15.6. The van der Waals surface area contributed by atoms with Crippen molar-refractivity contribution in [1.29, 1.82) is 5.26 Å². The van der Waals surface area contributed by atoms with E-state index in [1.54, 1.807) is 11.3 Å². The second kappa shape index (κ2) is 5.91. The number of pyridine rings is 1. The number of nitrogens with one attached hydrogen (secondary N) is 1. The molecule has 0 spiro atoms. The number of nitrogens with zero attached hydrogens (tertiary/aromatic N) is 4. The molecular formula is C16H11N5S2. The molecule has 5 nitrogen and oxygen atoms in total. The summed E-state index contributed by atoms with van der Waals surface area (Å²) in [6.07, 6.45) is 3.94. The van der Waals surface area contributed by atoms with Gasteiger partial charge in [0.25, 0.3) is 0 Å². The van der Waals surface area contributed by atoms with Crippen molar-refractivity contribution in [3.63, 3.8) is 0 Å². The summed E-state index contributed by atoms with van der Waals surface area (Å²) in [5, 5.41) is 19.3. The lowest BCUT2D eigenvalue weighted by atomic mass is 10.2. The molecule has 4 aromatic heterocycles. The van der Waals surface area contributed by atoms with Crippen LogP contribution in [-0.4, -0.2) is 19.6 Å². The Kier molecular flexibility index (Phi) is 3.61. The first-order valence-corrected chi connectivity index (χ1v) is 8.79. The highest BCUT2D eigenvalue weighted by atomic mass is 32.2. The lowest BCUT2D eigenvalue weighted by Crippen LogP contribution is -1.83. The van der Waals surface area contributed by atoms with E-state index in [0.717, 1.165) is 21.8 Å². The average Bonchev–Trinajstić information content (AvgIpc) is 3.30. The van der Waals surface area contributed by atoms with E-state index >= 15 is 0 Å². The van der Waals surface area contributed by atoms with Crippen molar-refractivity contribution in [2.24, 2.45) is 0 Å². The topological polar surface area (TPSA) is 69.8 Å². The van der Waals surface area contributed by atoms with Gasteiger partial charge in [-0.2, -0.15) is 5.26 Å². The Balaban J connectivity index is 1.57. The number of thioether (sulfide) groups is 1. The molecule has 0 amide bonds. The van der Waals surface area contributed by atoms with Gasteiger partial charge in [-0.05, 0) is 29.1 Å². The summed E-state index contributed by atoms with van der Waals surface area (Å²) in [5.74, 6) is 1.44. The molecule has 0 aliphatic carbocycles. The molecule has 0 atom stereocenters. The summed E-state index contributed by atoms with van der Waals surface area (Å²) in [7, 11) is 0. The van der Waals surface area contributed by atoms with Gasteiger partial charge < -0.3 is 4.40 Å². The van der Waals surface area contributed by atoms with E-state index in [1.807, 2.05) is 52.5 Å². The summed E-state index contributed by atoms with van der Waals surface area (Å²) >= 11 is 3.15.